The van der Waals surface area contributed by atoms with Crippen molar-refractivity contribution in [3.05, 3.63) is 34.6 Å². The van der Waals surface area contributed by atoms with Crippen LogP contribution in [0.2, 0.25) is 5.02 Å². The number of halogens is 2. The van der Waals surface area contributed by atoms with Crippen LogP contribution in [0, 0.1) is 11.2 Å². The van der Waals surface area contributed by atoms with Crippen LogP contribution in [0.25, 0.3) is 0 Å². The van der Waals surface area contributed by atoms with Crippen LogP contribution in [0.5, 0.6) is 0 Å². The summed E-state index contributed by atoms with van der Waals surface area (Å²) < 4.78 is 12.9. The van der Waals surface area contributed by atoms with Gasteiger partial charge in [0.05, 0.1) is 0 Å². The molecule has 3 heteroatoms. The Morgan fingerprint density at radius 1 is 1.29 bits per heavy atom. The molecule has 0 bridgehead atoms. The van der Waals surface area contributed by atoms with E-state index >= 15 is 0 Å². The average Bonchev–Trinajstić information content (AvgIpc) is 1.99. The van der Waals surface area contributed by atoms with E-state index in [4.69, 9.17) is 11.6 Å². The molecule has 1 aromatic rings. The van der Waals surface area contributed by atoms with Crippen LogP contribution >= 0.6 is 11.6 Å². The van der Waals surface area contributed by atoms with Gasteiger partial charge in [-0.1, -0.05) is 32.4 Å². The largest absolute Gasteiger partial charge is 0.294 e. The van der Waals surface area contributed by atoms with Crippen molar-refractivity contribution < 1.29 is 9.18 Å². The molecule has 76 valence electrons. The van der Waals surface area contributed by atoms with E-state index in [1.807, 2.05) is 0 Å². The quantitative estimate of drug-likeness (QED) is 0.652. The zero-order valence-corrected chi connectivity index (χ0v) is 9.15. The first kappa shape index (κ1) is 11.2. The van der Waals surface area contributed by atoms with Crippen molar-refractivity contribution in [2.24, 2.45) is 5.41 Å². The molecule has 0 aliphatic rings. The van der Waals surface area contributed by atoms with Gasteiger partial charge in [0.15, 0.2) is 5.78 Å². The van der Waals surface area contributed by atoms with Crippen LogP contribution in [0.4, 0.5) is 4.39 Å². The van der Waals surface area contributed by atoms with Crippen LogP contribution in [-0.2, 0) is 0 Å². The summed E-state index contributed by atoms with van der Waals surface area (Å²) in [6.45, 7) is 5.36. The third-order valence-corrected chi connectivity index (χ3v) is 2.02. The number of benzene rings is 1. The molecule has 1 rings (SSSR count). The standard InChI is InChI=1S/C11H12ClFO/c1-11(2,3)10(14)7-4-8(12)6-9(13)5-7/h4-6H,1-3H3. The predicted molar refractivity (Wildman–Crippen MR) is 55.2 cm³/mol. The van der Waals surface area contributed by atoms with Gasteiger partial charge in [-0.25, -0.2) is 4.39 Å². The maximum absolute atomic E-state index is 12.9. The second-order valence-electron chi connectivity index (χ2n) is 4.24. The minimum Gasteiger partial charge on any atom is -0.294 e. The van der Waals surface area contributed by atoms with E-state index in [0.29, 0.717) is 5.56 Å². The highest BCUT2D eigenvalue weighted by molar-refractivity contribution is 6.31. The highest BCUT2D eigenvalue weighted by Gasteiger charge is 2.23. The Balaban J connectivity index is 3.14. The SMILES string of the molecule is CC(C)(C)C(=O)c1cc(F)cc(Cl)c1. The molecule has 1 aromatic carbocycles. The fraction of sp³-hybridized carbons (Fsp3) is 0.364. The number of rotatable bonds is 1. The van der Waals surface area contributed by atoms with E-state index in [0.717, 1.165) is 0 Å². The topological polar surface area (TPSA) is 17.1 Å². The van der Waals surface area contributed by atoms with Gasteiger partial charge < -0.3 is 0 Å². The minimum atomic E-state index is -0.517. The smallest absolute Gasteiger partial charge is 0.168 e. The maximum atomic E-state index is 12.9. The number of ketones is 1. The summed E-state index contributed by atoms with van der Waals surface area (Å²) in [5.74, 6) is -0.594. The monoisotopic (exact) mass is 214 g/mol. The molecule has 0 heterocycles. The normalized spacial score (nSPS) is 11.5. The molecule has 14 heavy (non-hydrogen) atoms. The Hall–Kier alpha value is -0.890. The molecule has 0 unspecified atom stereocenters. The molecule has 0 aromatic heterocycles. The van der Waals surface area contributed by atoms with Crippen LogP contribution in [0.3, 0.4) is 0 Å². The fourth-order valence-electron chi connectivity index (χ4n) is 1.12. The van der Waals surface area contributed by atoms with Crippen molar-refractivity contribution in [2.75, 3.05) is 0 Å². The van der Waals surface area contributed by atoms with Crippen molar-refractivity contribution in [2.45, 2.75) is 20.8 Å². The highest BCUT2D eigenvalue weighted by Crippen LogP contribution is 2.23. The van der Waals surface area contributed by atoms with E-state index in [2.05, 4.69) is 0 Å². The van der Waals surface area contributed by atoms with Crippen LogP contribution in [-0.4, -0.2) is 5.78 Å². The average molecular weight is 215 g/mol. The summed E-state index contributed by atoms with van der Waals surface area (Å²) >= 11 is 5.65. The fourth-order valence-corrected chi connectivity index (χ4v) is 1.34. The van der Waals surface area contributed by atoms with E-state index < -0.39 is 11.2 Å². The van der Waals surface area contributed by atoms with Gasteiger partial charge in [0.25, 0.3) is 0 Å². The molecule has 0 amide bonds. The summed E-state index contributed by atoms with van der Waals surface area (Å²) in [6.07, 6.45) is 0. The zero-order valence-electron chi connectivity index (χ0n) is 8.40. The molecule has 0 spiro atoms. The first-order valence-corrected chi connectivity index (χ1v) is 4.69. The van der Waals surface area contributed by atoms with Crippen molar-refractivity contribution >= 4 is 17.4 Å². The predicted octanol–water partition coefficient (Wildman–Crippen LogP) is 3.71. The second-order valence-corrected chi connectivity index (χ2v) is 4.67. The number of carbonyl (C=O) groups is 1. The summed E-state index contributed by atoms with van der Waals surface area (Å²) in [4.78, 5) is 11.7. The lowest BCUT2D eigenvalue weighted by Gasteiger charge is -2.16. The van der Waals surface area contributed by atoms with Gasteiger partial charge in [-0.2, -0.15) is 0 Å². The van der Waals surface area contributed by atoms with Gasteiger partial charge in [-0.15, -0.1) is 0 Å². The van der Waals surface area contributed by atoms with Crippen molar-refractivity contribution in [3.8, 4) is 0 Å². The lowest BCUT2D eigenvalue weighted by atomic mass is 9.86. The van der Waals surface area contributed by atoms with Crippen molar-refractivity contribution in [1.82, 2.24) is 0 Å². The molecule has 0 atom stereocenters. The molecule has 0 radical (unpaired) electrons. The molecule has 0 N–H and O–H groups in total. The van der Waals surface area contributed by atoms with Gasteiger partial charge >= 0.3 is 0 Å². The Bertz CT molecular complexity index is 346. The second kappa shape index (κ2) is 3.70. The molecule has 1 nitrogen and oxygen atoms in total. The number of Topliss-reactive ketones (excluding diaryl/α,β-unsaturated/α-hetero) is 1. The van der Waals surface area contributed by atoms with Gasteiger partial charge in [-0.3, -0.25) is 4.79 Å². The van der Waals surface area contributed by atoms with E-state index in [9.17, 15) is 9.18 Å². The highest BCUT2D eigenvalue weighted by atomic mass is 35.5. The molecule has 0 aliphatic heterocycles. The van der Waals surface area contributed by atoms with Gasteiger partial charge in [0.1, 0.15) is 5.82 Å². The molecular weight excluding hydrogens is 203 g/mol. The van der Waals surface area contributed by atoms with Gasteiger partial charge in [0.2, 0.25) is 0 Å². The summed E-state index contributed by atoms with van der Waals surface area (Å²) in [6, 6.07) is 3.87. The van der Waals surface area contributed by atoms with Crippen LogP contribution in [0.15, 0.2) is 18.2 Å². The Morgan fingerprint density at radius 3 is 2.29 bits per heavy atom. The Morgan fingerprint density at radius 2 is 1.86 bits per heavy atom. The lowest BCUT2D eigenvalue weighted by Crippen LogP contribution is -2.20. The minimum absolute atomic E-state index is 0.112. The first-order chi connectivity index (χ1) is 6.30. The third kappa shape index (κ3) is 2.55. The number of carbonyl (C=O) groups excluding carboxylic acids is 1. The zero-order chi connectivity index (χ0) is 10.9. The molecule has 0 fully saturated rings. The van der Waals surface area contributed by atoms with Crippen molar-refractivity contribution in [3.63, 3.8) is 0 Å². The number of hydrogen-bond donors (Lipinski definition) is 0. The van der Waals surface area contributed by atoms with E-state index in [1.54, 1.807) is 20.8 Å². The molecule has 0 saturated carbocycles. The van der Waals surface area contributed by atoms with E-state index in [-0.39, 0.29) is 10.8 Å². The summed E-state index contributed by atoms with van der Waals surface area (Å²) in [5.41, 5.74) is -0.195. The van der Waals surface area contributed by atoms with Crippen molar-refractivity contribution in [1.29, 1.82) is 0 Å². The maximum Gasteiger partial charge on any atom is 0.168 e. The molecular formula is C11H12ClFO. The third-order valence-electron chi connectivity index (χ3n) is 1.81. The molecule has 0 aliphatic carbocycles. The van der Waals surface area contributed by atoms with Gasteiger partial charge in [-0.05, 0) is 18.2 Å². The Kier molecular flexibility index (Phi) is 2.95. The van der Waals surface area contributed by atoms with Gasteiger partial charge in [0, 0.05) is 16.0 Å². The molecule has 0 saturated heterocycles. The first-order valence-electron chi connectivity index (χ1n) is 4.31. The lowest BCUT2D eigenvalue weighted by molar-refractivity contribution is 0.0858. The summed E-state index contributed by atoms with van der Waals surface area (Å²) in [7, 11) is 0. The number of hydrogen-bond acceptors (Lipinski definition) is 1. The van der Waals surface area contributed by atoms with E-state index in [1.165, 1.54) is 18.2 Å². The Labute approximate surface area is 87.9 Å². The van der Waals surface area contributed by atoms with Crippen LogP contribution in [0.1, 0.15) is 31.1 Å². The van der Waals surface area contributed by atoms with Crippen LogP contribution < -0.4 is 0 Å². The summed E-state index contributed by atoms with van der Waals surface area (Å²) in [5, 5.41) is 0.248.